The van der Waals surface area contributed by atoms with Crippen LogP contribution in [0.25, 0.3) is 11.4 Å². The van der Waals surface area contributed by atoms with Gasteiger partial charge in [0.05, 0.1) is 5.02 Å². The summed E-state index contributed by atoms with van der Waals surface area (Å²) in [6.07, 6.45) is 0. The fraction of sp³-hybridized carbons (Fsp3) is 0. The summed E-state index contributed by atoms with van der Waals surface area (Å²) in [6, 6.07) is 9.49. The number of H-pyrrole nitrogens is 1. The Labute approximate surface area is 135 Å². The molecule has 23 heavy (non-hydrogen) atoms. The molecular formula is C13H9ClFN5O2S. The standard InChI is InChI=1S/C13H9ClFN5O2S/c14-11-7-9(15)4-5-12(11)23(21,22)18-10-3-1-2-8(6-10)13-16-19-20-17-13/h1-7,18H,(H,16,17,19,20). The van der Waals surface area contributed by atoms with E-state index in [2.05, 4.69) is 25.3 Å². The number of aromatic nitrogens is 4. The molecular weight excluding hydrogens is 345 g/mol. The number of hydrogen-bond donors (Lipinski definition) is 2. The Bertz CT molecular complexity index is 947. The summed E-state index contributed by atoms with van der Waals surface area (Å²) in [5.74, 6) is -0.293. The molecule has 0 atom stereocenters. The normalized spacial score (nSPS) is 11.4. The van der Waals surface area contributed by atoms with E-state index in [1.807, 2.05) is 0 Å². The van der Waals surface area contributed by atoms with Gasteiger partial charge >= 0.3 is 0 Å². The molecule has 0 bridgehead atoms. The average molecular weight is 354 g/mol. The van der Waals surface area contributed by atoms with Crippen molar-refractivity contribution in [1.82, 2.24) is 20.6 Å². The molecule has 0 saturated carbocycles. The van der Waals surface area contributed by atoms with E-state index in [-0.39, 0.29) is 15.6 Å². The molecule has 0 fully saturated rings. The van der Waals surface area contributed by atoms with E-state index in [1.54, 1.807) is 24.3 Å². The molecule has 3 aromatic rings. The van der Waals surface area contributed by atoms with Crippen LogP contribution in [0.2, 0.25) is 5.02 Å². The highest BCUT2D eigenvalue weighted by atomic mass is 35.5. The first-order valence-electron chi connectivity index (χ1n) is 6.27. The van der Waals surface area contributed by atoms with Crippen LogP contribution in [-0.2, 0) is 10.0 Å². The number of aromatic amines is 1. The van der Waals surface area contributed by atoms with Crippen LogP contribution in [-0.4, -0.2) is 29.0 Å². The number of halogens is 2. The van der Waals surface area contributed by atoms with Crippen LogP contribution in [0, 0.1) is 5.82 Å². The van der Waals surface area contributed by atoms with Crippen LogP contribution in [0.4, 0.5) is 10.1 Å². The number of rotatable bonds is 4. The van der Waals surface area contributed by atoms with Gasteiger partial charge in [0, 0.05) is 11.3 Å². The van der Waals surface area contributed by atoms with Gasteiger partial charge in [-0.1, -0.05) is 23.7 Å². The quantitative estimate of drug-likeness (QED) is 0.750. The van der Waals surface area contributed by atoms with E-state index < -0.39 is 15.8 Å². The molecule has 1 heterocycles. The lowest BCUT2D eigenvalue weighted by atomic mass is 10.2. The number of nitrogens with zero attached hydrogens (tertiary/aromatic N) is 3. The van der Waals surface area contributed by atoms with Gasteiger partial charge in [-0.2, -0.15) is 5.21 Å². The monoisotopic (exact) mass is 353 g/mol. The van der Waals surface area contributed by atoms with Crippen molar-refractivity contribution < 1.29 is 12.8 Å². The molecule has 118 valence electrons. The fourth-order valence-electron chi connectivity index (χ4n) is 1.91. The van der Waals surface area contributed by atoms with Crippen molar-refractivity contribution in [3.05, 3.63) is 53.3 Å². The molecule has 2 N–H and O–H groups in total. The van der Waals surface area contributed by atoms with Crippen LogP contribution in [0.5, 0.6) is 0 Å². The molecule has 7 nitrogen and oxygen atoms in total. The van der Waals surface area contributed by atoms with E-state index in [4.69, 9.17) is 11.6 Å². The molecule has 0 aliphatic rings. The van der Waals surface area contributed by atoms with Gasteiger partial charge in [0.25, 0.3) is 10.0 Å². The first kappa shape index (κ1) is 15.4. The second-order valence-corrected chi connectivity index (χ2v) is 6.55. The largest absolute Gasteiger partial charge is 0.280 e. The van der Waals surface area contributed by atoms with Gasteiger partial charge in [0.2, 0.25) is 5.82 Å². The van der Waals surface area contributed by atoms with Crippen LogP contribution >= 0.6 is 11.6 Å². The van der Waals surface area contributed by atoms with E-state index in [0.717, 1.165) is 18.2 Å². The third kappa shape index (κ3) is 3.30. The number of sulfonamides is 1. The van der Waals surface area contributed by atoms with Crippen LogP contribution in [0.15, 0.2) is 47.4 Å². The molecule has 0 spiro atoms. The van der Waals surface area contributed by atoms with E-state index in [1.165, 1.54) is 0 Å². The van der Waals surface area contributed by atoms with Crippen LogP contribution in [0.3, 0.4) is 0 Å². The molecule has 0 saturated heterocycles. The van der Waals surface area contributed by atoms with Crippen molar-refractivity contribution in [1.29, 1.82) is 0 Å². The van der Waals surface area contributed by atoms with E-state index >= 15 is 0 Å². The number of anilines is 1. The molecule has 1 aromatic heterocycles. The smallest absolute Gasteiger partial charge is 0.263 e. The topological polar surface area (TPSA) is 101 Å². The number of benzene rings is 2. The predicted molar refractivity (Wildman–Crippen MR) is 81.8 cm³/mol. The second-order valence-electron chi connectivity index (χ2n) is 4.50. The molecule has 3 rings (SSSR count). The Hall–Kier alpha value is -2.52. The van der Waals surface area contributed by atoms with Gasteiger partial charge in [-0.25, -0.2) is 12.8 Å². The minimum absolute atomic E-state index is 0.202. The summed E-state index contributed by atoms with van der Waals surface area (Å²) in [4.78, 5) is -0.217. The summed E-state index contributed by atoms with van der Waals surface area (Å²) >= 11 is 5.80. The molecule has 2 aromatic carbocycles. The highest BCUT2D eigenvalue weighted by Crippen LogP contribution is 2.26. The maximum Gasteiger partial charge on any atom is 0.263 e. The third-order valence-electron chi connectivity index (χ3n) is 2.90. The molecule has 0 unspecified atom stereocenters. The van der Waals surface area contributed by atoms with Gasteiger partial charge in [-0.3, -0.25) is 4.72 Å². The zero-order valence-electron chi connectivity index (χ0n) is 11.4. The van der Waals surface area contributed by atoms with Gasteiger partial charge in [-0.05, 0) is 35.5 Å². The number of hydrogen-bond acceptors (Lipinski definition) is 5. The zero-order valence-corrected chi connectivity index (χ0v) is 12.9. The van der Waals surface area contributed by atoms with Crippen molar-refractivity contribution in [2.24, 2.45) is 0 Å². The minimum atomic E-state index is -3.96. The maximum absolute atomic E-state index is 13.1. The van der Waals surface area contributed by atoms with Crippen LogP contribution < -0.4 is 4.72 Å². The number of tetrazole rings is 1. The fourth-order valence-corrected chi connectivity index (χ4v) is 3.49. The molecule has 0 aliphatic heterocycles. The van der Waals surface area contributed by atoms with E-state index in [0.29, 0.717) is 11.4 Å². The maximum atomic E-state index is 13.1. The van der Waals surface area contributed by atoms with Crippen molar-refractivity contribution >= 4 is 27.3 Å². The van der Waals surface area contributed by atoms with Crippen molar-refractivity contribution in [2.45, 2.75) is 4.90 Å². The molecule has 0 amide bonds. The summed E-state index contributed by atoms with van der Waals surface area (Å²) < 4.78 is 40.2. The molecule has 10 heteroatoms. The molecule has 0 radical (unpaired) electrons. The van der Waals surface area contributed by atoms with Gasteiger partial charge in [0.1, 0.15) is 10.7 Å². The summed E-state index contributed by atoms with van der Waals surface area (Å²) in [5, 5.41) is 13.2. The second kappa shape index (κ2) is 5.94. The third-order valence-corrected chi connectivity index (χ3v) is 4.77. The highest BCUT2D eigenvalue weighted by molar-refractivity contribution is 7.92. The van der Waals surface area contributed by atoms with Crippen molar-refractivity contribution in [2.75, 3.05) is 4.72 Å². The Morgan fingerprint density at radius 3 is 2.70 bits per heavy atom. The van der Waals surface area contributed by atoms with Crippen molar-refractivity contribution in [3.8, 4) is 11.4 Å². The number of nitrogens with one attached hydrogen (secondary N) is 2. The summed E-state index contributed by atoms with van der Waals surface area (Å²) in [6.45, 7) is 0. The van der Waals surface area contributed by atoms with E-state index in [9.17, 15) is 12.8 Å². The lowest BCUT2D eigenvalue weighted by Crippen LogP contribution is -2.13. The SMILES string of the molecule is O=S(=O)(Nc1cccc(-c2nn[nH]n2)c1)c1ccc(F)cc1Cl. The lowest BCUT2D eigenvalue weighted by molar-refractivity contribution is 0.600. The summed E-state index contributed by atoms with van der Waals surface area (Å²) in [5.41, 5.74) is 0.858. The zero-order chi connectivity index (χ0) is 16.4. The Kier molecular flexibility index (Phi) is 3.97. The van der Waals surface area contributed by atoms with Crippen LogP contribution in [0.1, 0.15) is 0 Å². The van der Waals surface area contributed by atoms with Gasteiger partial charge in [0.15, 0.2) is 0 Å². The highest BCUT2D eigenvalue weighted by Gasteiger charge is 2.19. The Balaban J connectivity index is 1.93. The lowest BCUT2D eigenvalue weighted by Gasteiger charge is -2.10. The Morgan fingerprint density at radius 1 is 1.17 bits per heavy atom. The average Bonchev–Trinajstić information content (AvgIpc) is 3.00. The first-order valence-corrected chi connectivity index (χ1v) is 8.13. The first-order chi connectivity index (χ1) is 11.0. The minimum Gasteiger partial charge on any atom is -0.280 e. The van der Waals surface area contributed by atoms with Gasteiger partial charge in [-0.15, -0.1) is 10.2 Å². The Morgan fingerprint density at radius 2 is 2.00 bits per heavy atom. The van der Waals surface area contributed by atoms with Crippen molar-refractivity contribution in [3.63, 3.8) is 0 Å². The predicted octanol–water partition coefficient (Wildman–Crippen LogP) is 2.46. The molecule has 0 aliphatic carbocycles. The summed E-state index contributed by atoms with van der Waals surface area (Å²) in [7, 11) is -3.96. The van der Waals surface area contributed by atoms with Gasteiger partial charge < -0.3 is 0 Å².